The first-order valence-corrected chi connectivity index (χ1v) is 6.95. The predicted octanol–water partition coefficient (Wildman–Crippen LogP) is 1.56. The lowest BCUT2D eigenvalue weighted by atomic mass is 10.2. The lowest BCUT2D eigenvalue weighted by molar-refractivity contribution is -0.153. The van der Waals surface area contributed by atoms with Crippen LogP contribution in [0, 0.1) is 0 Å². The second-order valence-electron chi connectivity index (χ2n) is 4.31. The van der Waals surface area contributed by atoms with Gasteiger partial charge in [0.15, 0.2) is 0 Å². The maximum Gasteiger partial charge on any atom is 0.397 e. The zero-order valence-electron chi connectivity index (χ0n) is 11.8. The number of halogens is 1. The van der Waals surface area contributed by atoms with E-state index in [0.717, 1.165) is 0 Å². The number of nitrogens with one attached hydrogen (secondary N) is 1. The molecule has 0 saturated heterocycles. The number of ether oxygens (including phenoxy) is 2. The number of hydrogen-bond acceptors (Lipinski definition) is 6. The Bertz CT molecular complexity index is 625. The van der Waals surface area contributed by atoms with E-state index in [9.17, 15) is 9.59 Å². The summed E-state index contributed by atoms with van der Waals surface area (Å²) in [5.74, 6) is -0.879. The van der Waals surface area contributed by atoms with Gasteiger partial charge in [-0.3, -0.25) is 4.79 Å². The summed E-state index contributed by atoms with van der Waals surface area (Å²) in [4.78, 5) is 22.6. The Hall–Kier alpha value is -2.41. The fourth-order valence-electron chi connectivity index (χ4n) is 1.62. The minimum Gasteiger partial charge on any atom is -0.488 e. The molecule has 0 radical (unpaired) electrons. The second-order valence-corrected chi connectivity index (χ2v) is 4.74. The summed E-state index contributed by atoms with van der Waals surface area (Å²) in [7, 11) is 0. The molecule has 0 atom stereocenters. The first kappa shape index (κ1) is 16.0. The number of benzene rings is 1. The number of esters is 1. The van der Waals surface area contributed by atoms with Crippen molar-refractivity contribution in [3.05, 3.63) is 29.3 Å². The molecule has 0 saturated carbocycles. The van der Waals surface area contributed by atoms with Crippen LogP contribution in [0.4, 0.5) is 0 Å². The van der Waals surface area contributed by atoms with E-state index in [1.165, 1.54) is 0 Å². The first-order chi connectivity index (χ1) is 10.6. The van der Waals surface area contributed by atoms with Crippen LogP contribution in [-0.2, 0) is 14.3 Å². The number of carbonyl (C=O) groups excluding carboxylic acids is 2. The summed E-state index contributed by atoms with van der Waals surface area (Å²) in [6.07, 6.45) is 0.304. The molecule has 1 aromatic rings. The molecule has 0 aliphatic carbocycles. The summed E-state index contributed by atoms with van der Waals surface area (Å²) in [5, 5.41) is 10.7. The van der Waals surface area contributed by atoms with Crippen molar-refractivity contribution in [1.29, 1.82) is 0 Å². The average Bonchev–Trinajstić information content (AvgIpc) is 2.94. The molecule has 1 amide bonds. The monoisotopic (exact) mass is 323 g/mol. The fraction of sp³-hybridized carbons (Fsp3) is 0.286. The van der Waals surface area contributed by atoms with Crippen molar-refractivity contribution in [2.75, 3.05) is 13.2 Å². The topological polar surface area (TPSA) is 89.4 Å². The Morgan fingerprint density at radius 1 is 1.27 bits per heavy atom. The van der Waals surface area contributed by atoms with Crippen LogP contribution in [0.25, 0.3) is 0 Å². The van der Waals surface area contributed by atoms with Crippen LogP contribution in [0.15, 0.2) is 34.5 Å². The summed E-state index contributed by atoms with van der Waals surface area (Å²) in [5.41, 5.74) is 0.633. The molecule has 1 aliphatic rings. The molecule has 1 aliphatic heterocycles. The maximum absolute atomic E-state index is 11.4. The van der Waals surface area contributed by atoms with E-state index in [-0.39, 0.29) is 19.0 Å². The largest absolute Gasteiger partial charge is 0.488 e. The van der Waals surface area contributed by atoms with Gasteiger partial charge in [-0.1, -0.05) is 11.6 Å². The molecule has 2 rings (SSSR count). The van der Waals surface area contributed by atoms with Gasteiger partial charge in [-0.2, -0.15) is 5.10 Å². The summed E-state index contributed by atoms with van der Waals surface area (Å²) in [6, 6.07) is 6.91. The third kappa shape index (κ3) is 4.56. The maximum atomic E-state index is 11.4. The van der Waals surface area contributed by atoms with Crippen LogP contribution in [0.5, 0.6) is 5.75 Å². The number of amides is 1. The zero-order chi connectivity index (χ0) is 15.9. The average molecular weight is 324 g/mol. The molecular formula is C14H14ClN3O4. The molecule has 1 N–H and O–H groups in total. The number of nitrogens with zero attached hydrogens (tertiary/aromatic N) is 2. The Morgan fingerprint density at radius 2 is 2.00 bits per heavy atom. The molecule has 22 heavy (non-hydrogen) atoms. The normalized spacial score (nSPS) is 13.2. The lowest BCUT2D eigenvalue weighted by Crippen LogP contribution is -2.37. The molecule has 0 fully saturated rings. The number of hydrogen-bond donors (Lipinski definition) is 1. The van der Waals surface area contributed by atoms with Gasteiger partial charge in [0.05, 0.1) is 18.7 Å². The van der Waals surface area contributed by atoms with Crippen molar-refractivity contribution < 1.29 is 19.1 Å². The minimum atomic E-state index is -0.948. The second kappa shape index (κ2) is 7.56. The van der Waals surface area contributed by atoms with Crippen molar-refractivity contribution in [3.8, 4) is 5.75 Å². The van der Waals surface area contributed by atoms with Gasteiger partial charge in [0, 0.05) is 5.02 Å². The molecule has 7 nitrogen and oxygen atoms in total. The molecule has 1 heterocycles. The van der Waals surface area contributed by atoms with Crippen LogP contribution in [0.3, 0.4) is 0 Å². The van der Waals surface area contributed by atoms with E-state index in [4.69, 9.17) is 16.3 Å². The number of amidine groups is 1. The highest BCUT2D eigenvalue weighted by molar-refractivity contribution is 6.36. The molecule has 0 aromatic heterocycles. The van der Waals surface area contributed by atoms with Crippen LogP contribution in [-0.4, -0.2) is 36.6 Å². The van der Waals surface area contributed by atoms with Crippen molar-refractivity contribution in [2.24, 2.45) is 10.2 Å². The smallest absolute Gasteiger partial charge is 0.397 e. The highest BCUT2D eigenvalue weighted by Gasteiger charge is 2.20. The minimum absolute atomic E-state index is 0.134. The Balaban J connectivity index is 1.76. The van der Waals surface area contributed by atoms with Gasteiger partial charge in [-0.05, 0) is 31.2 Å². The fourth-order valence-corrected chi connectivity index (χ4v) is 1.75. The van der Waals surface area contributed by atoms with Gasteiger partial charge >= 0.3 is 11.9 Å². The van der Waals surface area contributed by atoms with Gasteiger partial charge in [0.1, 0.15) is 18.2 Å². The lowest BCUT2D eigenvalue weighted by Gasteiger charge is -2.06. The van der Waals surface area contributed by atoms with Gasteiger partial charge in [0.25, 0.3) is 0 Å². The van der Waals surface area contributed by atoms with Gasteiger partial charge in [-0.15, -0.1) is 5.10 Å². The van der Waals surface area contributed by atoms with Crippen molar-refractivity contribution >= 4 is 35.0 Å². The predicted molar refractivity (Wildman–Crippen MR) is 81.2 cm³/mol. The van der Waals surface area contributed by atoms with Crippen molar-refractivity contribution in [3.63, 3.8) is 0 Å². The third-order valence-electron chi connectivity index (χ3n) is 2.62. The van der Waals surface area contributed by atoms with E-state index >= 15 is 0 Å². The molecule has 1 aromatic carbocycles. The van der Waals surface area contributed by atoms with Crippen LogP contribution in [0.1, 0.15) is 13.3 Å². The number of carbonyl (C=O) groups is 2. The molecule has 0 bridgehead atoms. The molecule has 0 spiro atoms. The Labute approximate surface area is 132 Å². The third-order valence-corrected chi connectivity index (χ3v) is 2.87. The van der Waals surface area contributed by atoms with Crippen LogP contribution >= 0.6 is 11.6 Å². The Morgan fingerprint density at radius 3 is 2.68 bits per heavy atom. The van der Waals surface area contributed by atoms with E-state index in [2.05, 4.69) is 20.3 Å². The SMILES string of the molecule is CCOC(=O)C(=O)NC1=NN=C(COc2ccc(Cl)cc2)C1. The van der Waals surface area contributed by atoms with E-state index < -0.39 is 11.9 Å². The van der Waals surface area contributed by atoms with Gasteiger partial charge < -0.3 is 14.8 Å². The van der Waals surface area contributed by atoms with Crippen LogP contribution in [0.2, 0.25) is 5.02 Å². The Kier molecular flexibility index (Phi) is 5.48. The summed E-state index contributed by atoms with van der Waals surface area (Å²) >= 11 is 5.78. The molecule has 116 valence electrons. The van der Waals surface area contributed by atoms with Gasteiger partial charge in [-0.25, -0.2) is 4.79 Å². The van der Waals surface area contributed by atoms with Crippen molar-refractivity contribution in [2.45, 2.75) is 13.3 Å². The quantitative estimate of drug-likeness (QED) is 0.672. The highest BCUT2D eigenvalue weighted by atomic mass is 35.5. The summed E-state index contributed by atoms with van der Waals surface area (Å²) in [6.45, 7) is 1.98. The highest BCUT2D eigenvalue weighted by Crippen LogP contribution is 2.16. The first-order valence-electron chi connectivity index (χ1n) is 6.57. The zero-order valence-corrected chi connectivity index (χ0v) is 12.6. The van der Waals surface area contributed by atoms with E-state index in [0.29, 0.717) is 22.9 Å². The molecular weight excluding hydrogens is 310 g/mol. The standard InChI is InChI=1S/C14H14ClN3O4/c1-2-21-14(20)13(19)16-12-7-10(17-18-12)8-22-11-5-3-9(15)4-6-11/h3-6H,2,7-8H2,1H3,(H,16,18,19). The van der Waals surface area contributed by atoms with E-state index in [1.54, 1.807) is 31.2 Å². The van der Waals surface area contributed by atoms with Crippen LogP contribution < -0.4 is 10.1 Å². The number of rotatable bonds is 4. The molecule has 0 unspecified atom stereocenters. The van der Waals surface area contributed by atoms with Crippen molar-refractivity contribution in [1.82, 2.24) is 5.32 Å². The van der Waals surface area contributed by atoms with E-state index in [1.807, 2.05) is 0 Å². The molecule has 8 heteroatoms. The summed E-state index contributed by atoms with van der Waals surface area (Å²) < 4.78 is 10.1. The van der Waals surface area contributed by atoms with Gasteiger partial charge in [0.2, 0.25) is 0 Å².